The number of aryl methyl sites for hydroxylation is 1. The van der Waals surface area contributed by atoms with Gasteiger partial charge in [-0.15, -0.1) is 0 Å². The lowest BCUT2D eigenvalue weighted by Gasteiger charge is -2.20. The summed E-state index contributed by atoms with van der Waals surface area (Å²) in [6.45, 7) is 3.16. The number of carbonyl (C=O) groups is 1. The van der Waals surface area contributed by atoms with Crippen LogP contribution in [0.2, 0.25) is 0 Å². The molecule has 0 saturated heterocycles. The van der Waals surface area contributed by atoms with E-state index in [1.54, 1.807) is 12.1 Å². The molecule has 0 spiro atoms. The predicted octanol–water partition coefficient (Wildman–Crippen LogP) is 1.28. The fourth-order valence-electron chi connectivity index (χ4n) is 1.33. The maximum Gasteiger partial charge on any atom is 0.187 e. The van der Waals surface area contributed by atoms with E-state index in [-0.39, 0.29) is 5.57 Å². The molecule has 3 nitrogen and oxygen atoms in total. The van der Waals surface area contributed by atoms with E-state index in [2.05, 4.69) is 0 Å². The third-order valence-electron chi connectivity index (χ3n) is 2.11. The van der Waals surface area contributed by atoms with Gasteiger partial charge in [0.1, 0.15) is 6.29 Å². The van der Waals surface area contributed by atoms with Gasteiger partial charge in [-0.25, -0.2) is 0 Å². The number of aldehydes is 1. The van der Waals surface area contributed by atoms with Crippen molar-refractivity contribution in [2.45, 2.75) is 19.6 Å². The Balaban J connectivity index is 3.17. The largest absolute Gasteiger partial charge is 0.362 e. The number of benzene rings is 1. The molecule has 80 valence electrons. The van der Waals surface area contributed by atoms with Crippen molar-refractivity contribution in [3.05, 3.63) is 41.5 Å². The Kier molecular flexibility index (Phi) is 3.39. The van der Waals surface area contributed by atoms with Gasteiger partial charge in [-0.2, -0.15) is 0 Å². The Labute approximate surface area is 88.7 Å². The Morgan fingerprint density at radius 1 is 1.27 bits per heavy atom. The van der Waals surface area contributed by atoms with Crippen molar-refractivity contribution in [1.29, 1.82) is 0 Å². The van der Waals surface area contributed by atoms with E-state index in [1.807, 2.05) is 19.1 Å². The van der Waals surface area contributed by atoms with Crippen LogP contribution in [0.15, 0.2) is 30.3 Å². The molecule has 2 N–H and O–H groups in total. The molecular formula is C12H14O3. The summed E-state index contributed by atoms with van der Waals surface area (Å²) in [5.41, 5.74) is 1.89. The molecule has 15 heavy (non-hydrogen) atoms. The molecule has 0 unspecified atom stereocenters. The molecule has 1 aromatic carbocycles. The summed E-state index contributed by atoms with van der Waals surface area (Å²) in [5, 5.41) is 18.9. The minimum atomic E-state index is -2.00. The monoisotopic (exact) mass is 206 g/mol. The van der Waals surface area contributed by atoms with Gasteiger partial charge < -0.3 is 10.2 Å². The first kappa shape index (κ1) is 11.6. The fraction of sp³-hybridized carbons (Fsp3) is 0.250. The second-order valence-electron chi connectivity index (χ2n) is 3.60. The number of carbonyl (C=O) groups excluding carboxylic acids is 1. The summed E-state index contributed by atoms with van der Waals surface area (Å²) in [6.07, 6.45) is 1.70. The van der Waals surface area contributed by atoms with E-state index in [0.29, 0.717) is 11.8 Å². The van der Waals surface area contributed by atoms with Crippen LogP contribution in [0.4, 0.5) is 0 Å². The molecule has 0 saturated carbocycles. The van der Waals surface area contributed by atoms with E-state index >= 15 is 0 Å². The predicted molar refractivity (Wildman–Crippen MR) is 58.1 cm³/mol. The van der Waals surface area contributed by atoms with Crippen LogP contribution in [0.5, 0.6) is 0 Å². The van der Waals surface area contributed by atoms with Gasteiger partial charge in [-0.1, -0.05) is 29.8 Å². The van der Waals surface area contributed by atoms with Crippen molar-refractivity contribution < 1.29 is 15.0 Å². The third kappa shape index (κ3) is 3.01. The molecule has 1 rings (SSSR count). The lowest BCUT2D eigenvalue weighted by molar-refractivity contribution is -0.105. The minimum Gasteiger partial charge on any atom is -0.362 e. The van der Waals surface area contributed by atoms with E-state index in [9.17, 15) is 15.0 Å². The summed E-state index contributed by atoms with van der Waals surface area (Å²) >= 11 is 0. The van der Waals surface area contributed by atoms with Crippen LogP contribution in [0.3, 0.4) is 0 Å². The lowest BCUT2D eigenvalue weighted by atomic mass is 9.98. The van der Waals surface area contributed by atoms with Gasteiger partial charge in [0.2, 0.25) is 0 Å². The smallest absolute Gasteiger partial charge is 0.187 e. The van der Waals surface area contributed by atoms with Crippen molar-refractivity contribution in [1.82, 2.24) is 0 Å². The first-order valence-corrected chi connectivity index (χ1v) is 4.63. The molecule has 0 aliphatic carbocycles. The van der Waals surface area contributed by atoms with Gasteiger partial charge in [0.05, 0.1) is 0 Å². The Bertz CT molecular complexity index is 369. The first-order valence-electron chi connectivity index (χ1n) is 4.63. The van der Waals surface area contributed by atoms with Crippen molar-refractivity contribution in [3.8, 4) is 0 Å². The second-order valence-corrected chi connectivity index (χ2v) is 3.60. The highest BCUT2D eigenvalue weighted by Gasteiger charge is 2.22. The van der Waals surface area contributed by atoms with Crippen LogP contribution in [0.1, 0.15) is 18.1 Å². The molecule has 0 atom stereocenters. The van der Waals surface area contributed by atoms with Crippen LogP contribution in [0.25, 0.3) is 5.57 Å². The second kappa shape index (κ2) is 4.38. The molecule has 0 heterocycles. The number of rotatable bonds is 3. The maximum atomic E-state index is 10.4. The fourth-order valence-corrected chi connectivity index (χ4v) is 1.33. The van der Waals surface area contributed by atoms with Crippen molar-refractivity contribution in [2.24, 2.45) is 0 Å². The molecule has 0 fully saturated rings. The Morgan fingerprint density at radius 3 is 2.20 bits per heavy atom. The summed E-state index contributed by atoms with van der Waals surface area (Å²) in [6, 6.07) is 7.18. The summed E-state index contributed by atoms with van der Waals surface area (Å²) < 4.78 is 0. The van der Waals surface area contributed by atoms with Gasteiger partial charge in [0, 0.05) is 5.57 Å². The Hall–Kier alpha value is -1.45. The summed E-state index contributed by atoms with van der Waals surface area (Å²) in [7, 11) is 0. The van der Waals surface area contributed by atoms with Crippen LogP contribution in [-0.4, -0.2) is 22.3 Å². The van der Waals surface area contributed by atoms with Gasteiger partial charge in [-0.3, -0.25) is 4.79 Å². The number of allylic oxidation sites excluding steroid dienone is 1. The highest BCUT2D eigenvalue weighted by molar-refractivity contribution is 5.84. The van der Waals surface area contributed by atoms with Gasteiger partial charge in [0.25, 0.3) is 0 Å². The average Bonchev–Trinajstić information content (AvgIpc) is 2.14. The quantitative estimate of drug-likeness (QED) is 0.445. The van der Waals surface area contributed by atoms with Crippen molar-refractivity contribution >= 4 is 11.9 Å². The van der Waals surface area contributed by atoms with Crippen molar-refractivity contribution in [2.75, 3.05) is 0 Å². The van der Waals surface area contributed by atoms with Crippen LogP contribution in [0, 0.1) is 6.92 Å². The topological polar surface area (TPSA) is 57.5 Å². The minimum absolute atomic E-state index is 0.192. The molecule has 1 aromatic rings. The number of hydrogen-bond donors (Lipinski definition) is 2. The highest BCUT2D eigenvalue weighted by atomic mass is 16.5. The van der Waals surface area contributed by atoms with Crippen LogP contribution in [-0.2, 0) is 4.79 Å². The lowest BCUT2D eigenvalue weighted by Crippen LogP contribution is -2.25. The molecule has 0 amide bonds. The zero-order valence-electron chi connectivity index (χ0n) is 8.77. The number of hydrogen-bond acceptors (Lipinski definition) is 3. The normalized spacial score (nSPS) is 12.7. The van der Waals surface area contributed by atoms with Crippen LogP contribution < -0.4 is 0 Å². The molecule has 0 radical (unpaired) electrons. The van der Waals surface area contributed by atoms with Gasteiger partial charge >= 0.3 is 0 Å². The molecule has 0 aromatic heterocycles. The molecule has 0 aliphatic rings. The van der Waals surface area contributed by atoms with Gasteiger partial charge in [0.15, 0.2) is 5.79 Å². The molecule has 3 heteroatoms. The SMILES string of the molecule is Cc1ccc(/C(=C/C=O)C(C)(O)O)cc1. The van der Waals surface area contributed by atoms with Gasteiger partial charge in [-0.05, 0) is 25.5 Å². The maximum absolute atomic E-state index is 10.4. The zero-order valence-corrected chi connectivity index (χ0v) is 8.77. The highest BCUT2D eigenvalue weighted by Crippen LogP contribution is 2.24. The third-order valence-corrected chi connectivity index (χ3v) is 2.11. The summed E-state index contributed by atoms with van der Waals surface area (Å²) in [4.78, 5) is 10.4. The van der Waals surface area contributed by atoms with E-state index in [0.717, 1.165) is 11.6 Å². The number of aliphatic hydroxyl groups is 2. The molecular weight excluding hydrogens is 192 g/mol. The standard InChI is InChI=1S/C12H14O3/c1-9-3-5-10(6-4-9)11(7-8-13)12(2,14)15/h3-8,14-15H,1-2H3/b11-7-. The average molecular weight is 206 g/mol. The van der Waals surface area contributed by atoms with Crippen molar-refractivity contribution in [3.63, 3.8) is 0 Å². The Morgan fingerprint density at radius 2 is 1.80 bits per heavy atom. The first-order chi connectivity index (χ1) is 6.95. The van der Waals surface area contributed by atoms with E-state index in [4.69, 9.17) is 0 Å². The molecule has 0 bridgehead atoms. The summed E-state index contributed by atoms with van der Waals surface area (Å²) in [5.74, 6) is -2.00. The van der Waals surface area contributed by atoms with E-state index in [1.165, 1.54) is 6.92 Å². The van der Waals surface area contributed by atoms with Crippen LogP contribution >= 0.6 is 0 Å². The molecule has 0 aliphatic heterocycles. The zero-order chi connectivity index (χ0) is 11.5. The van der Waals surface area contributed by atoms with E-state index < -0.39 is 5.79 Å².